The minimum Gasteiger partial charge on any atom is -0.486 e. The van der Waals surface area contributed by atoms with E-state index in [9.17, 15) is 9.59 Å². The third kappa shape index (κ3) is 6.47. The standard InChI is InChI=1S/C18H29NO4/c1-4-7-12-22-16-15(20)10-13-23-17(16)18(21)19-11-9-14(6-3)8-5-2/h10,13-14H,4-9,11-12H2,1-3H3,(H,19,21). The highest BCUT2D eigenvalue weighted by Crippen LogP contribution is 2.16. The Morgan fingerprint density at radius 3 is 2.70 bits per heavy atom. The molecule has 1 aromatic heterocycles. The molecule has 0 saturated carbocycles. The maximum Gasteiger partial charge on any atom is 0.291 e. The van der Waals surface area contributed by atoms with Gasteiger partial charge in [0.25, 0.3) is 5.91 Å². The van der Waals surface area contributed by atoms with E-state index in [1.54, 1.807) is 0 Å². The number of carbonyl (C=O) groups excluding carboxylic acids is 1. The number of amides is 1. The fourth-order valence-electron chi connectivity index (χ4n) is 2.45. The number of unbranched alkanes of at least 4 members (excludes halogenated alkanes) is 1. The van der Waals surface area contributed by atoms with Gasteiger partial charge in [0.2, 0.25) is 16.9 Å². The minimum absolute atomic E-state index is 0.0130. The number of nitrogens with one attached hydrogen (secondary N) is 1. The summed E-state index contributed by atoms with van der Waals surface area (Å²) in [5, 5.41) is 2.83. The van der Waals surface area contributed by atoms with E-state index in [0.717, 1.165) is 38.5 Å². The van der Waals surface area contributed by atoms with Gasteiger partial charge in [0.1, 0.15) is 0 Å². The molecule has 1 unspecified atom stereocenters. The fourth-order valence-corrected chi connectivity index (χ4v) is 2.45. The van der Waals surface area contributed by atoms with Crippen LogP contribution < -0.4 is 15.5 Å². The van der Waals surface area contributed by atoms with Crippen LogP contribution in [0.2, 0.25) is 0 Å². The average molecular weight is 323 g/mol. The molecule has 5 nitrogen and oxygen atoms in total. The van der Waals surface area contributed by atoms with Crippen LogP contribution in [0.3, 0.4) is 0 Å². The van der Waals surface area contributed by atoms with Gasteiger partial charge in [0.15, 0.2) is 0 Å². The summed E-state index contributed by atoms with van der Waals surface area (Å²) < 4.78 is 10.7. The van der Waals surface area contributed by atoms with Crippen LogP contribution in [0.1, 0.15) is 69.9 Å². The highest BCUT2D eigenvalue weighted by Gasteiger charge is 2.18. The SMILES string of the molecule is CCCCOc1c(C(=O)NCCC(CC)CCC)occc1=O. The summed E-state index contributed by atoms with van der Waals surface area (Å²) in [5.74, 6) is 0.208. The molecule has 1 rings (SSSR count). The first kappa shape index (κ1) is 19.3. The first-order chi connectivity index (χ1) is 11.1. The number of rotatable bonds is 11. The lowest BCUT2D eigenvalue weighted by atomic mass is 9.97. The Balaban J connectivity index is 2.64. The van der Waals surface area contributed by atoms with Crippen LogP contribution in [0.15, 0.2) is 21.5 Å². The Kier molecular flexibility index (Phi) is 9.10. The summed E-state index contributed by atoms with van der Waals surface area (Å²) >= 11 is 0. The molecular weight excluding hydrogens is 294 g/mol. The van der Waals surface area contributed by atoms with E-state index in [-0.39, 0.29) is 22.8 Å². The van der Waals surface area contributed by atoms with Gasteiger partial charge in [-0.2, -0.15) is 0 Å². The van der Waals surface area contributed by atoms with Crippen LogP contribution in [0, 0.1) is 5.92 Å². The molecule has 0 radical (unpaired) electrons. The van der Waals surface area contributed by atoms with Crippen molar-refractivity contribution < 1.29 is 13.9 Å². The first-order valence-corrected chi connectivity index (χ1v) is 8.66. The summed E-state index contributed by atoms with van der Waals surface area (Å²) in [4.78, 5) is 24.1. The highest BCUT2D eigenvalue weighted by molar-refractivity contribution is 5.93. The van der Waals surface area contributed by atoms with E-state index in [4.69, 9.17) is 9.15 Å². The highest BCUT2D eigenvalue weighted by atomic mass is 16.5. The van der Waals surface area contributed by atoms with Gasteiger partial charge in [-0.1, -0.05) is 46.5 Å². The Morgan fingerprint density at radius 2 is 2.04 bits per heavy atom. The van der Waals surface area contributed by atoms with Crippen LogP contribution in [-0.4, -0.2) is 19.1 Å². The largest absolute Gasteiger partial charge is 0.486 e. The molecule has 130 valence electrons. The molecule has 0 aliphatic heterocycles. The van der Waals surface area contributed by atoms with Gasteiger partial charge in [0, 0.05) is 12.6 Å². The molecular formula is C18H29NO4. The maximum atomic E-state index is 12.3. The van der Waals surface area contributed by atoms with Crippen molar-refractivity contribution in [3.8, 4) is 5.75 Å². The number of carbonyl (C=O) groups is 1. The lowest BCUT2D eigenvalue weighted by Gasteiger charge is -2.14. The van der Waals surface area contributed by atoms with Crippen molar-refractivity contribution in [2.75, 3.05) is 13.2 Å². The van der Waals surface area contributed by atoms with Crippen molar-refractivity contribution in [3.05, 3.63) is 28.3 Å². The molecule has 1 atom stereocenters. The summed E-state index contributed by atoms with van der Waals surface area (Å²) in [7, 11) is 0. The molecule has 0 aliphatic rings. The Hall–Kier alpha value is -1.78. The topological polar surface area (TPSA) is 68.5 Å². The second kappa shape index (κ2) is 10.9. The normalized spacial score (nSPS) is 12.0. The molecule has 1 amide bonds. The lowest BCUT2D eigenvalue weighted by Crippen LogP contribution is -2.27. The van der Waals surface area contributed by atoms with Crippen molar-refractivity contribution in [2.45, 2.75) is 59.3 Å². The third-order valence-electron chi connectivity index (χ3n) is 3.90. The van der Waals surface area contributed by atoms with E-state index >= 15 is 0 Å². The van der Waals surface area contributed by atoms with Crippen molar-refractivity contribution in [1.82, 2.24) is 5.32 Å². The van der Waals surface area contributed by atoms with Gasteiger partial charge < -0.3 is 14.5 Å². The molecule has 0 aliphatic carbocycles. The van der Waals surface area contributed by atoms with Crippen LogP contribution in [-0.2, 0) is 0 Å². The van der Waals surface area contributed by atoms with E-state index in [1.807, 2.05) is 6.92 Å². The molecule has 0 fully saturated rings. The molecule has 0 spiro atoms. The van der Waals surface area contributed by atoms with Crippen LogP contribution in [0.4, 0.5) is 0 Å². The molecule has 0 bridgehead atoms. The van der Waals surface area contributed by atoms with Gasteiger partial charge in [-0.3, -0.25) is 9.59 Å². The van der Waals surface area contributed by atoms with Crippen molar-refractivity contribution in [2.24, 2.45) is 5.92 Å². The van der Waals surface area contributed by atoms with Crippen molar-refractivity contribution in [1.29, 1.82) is 0 Å². The van der Waals surface area contributed by atoms with Crippen molar-refractivity contribution >= 4 is 5.91 Å². The Labute approximate surface area is 138 Å². The molecule has 0 saturated heterocycles. The second-order valence-electron chi connectivity index (χ2n) is 5.75. The molecule has 1 aromatic rings. The zero-order chi connectivity index (χ0) is 17.1. The second-order valence-corrected chi connectivity index (χ2v) is 5.75. The van der Waals surface area contributed by atoms with Gasteiger partial charge >= 0.3 is 0 Å². The van der Waals surface area contributed by atoms with E-state index in [0.29, 0.717) is 19.1 Å². The molecule has 1 heterocycles. The molecule has 0 aromatic carbocycles. The Bertz CT molecular complexity index is 524. The van der Waals surface area contributed by atoms with Gasteiger partial charge in [0.05, 0.1) is 12.9 Å². The fraction of sp³-hybridized carbons (Fsp3) is 0.667. The first-order valence-electron chi connectivity index (χ1n) is 8.66. The smallest absolute Gasteiger partial charge is 0.291 e. The monoisotopic (exact) mass is 323 g/mol. The van der Waals surface area contributed by atoms with Crippen molar-refractivity contribution in [3.63, 3.8) is 0 Å². The number of hydrogen-bond donors (Lipinski definition) is 1. The van der Waals surface area contributed by atoms with Crippen LogP contribution >= 0.6 is 0 Å². The molecule has 5 heteroatoms. The van der Waals surface area contributed by atoms with E-state index in [2.05, 4.69) is 19.2 Å². The zero-order valence-corrected chi connectivity index (χ0v) is 14.5. The number of ether oxygens (including phenoxy) is 1. The number of hydrogen-bond acceptors (Lipinski definition) is 4. The van der Waals surface area contributed by atoms with Gasteiger partial charge in [-0.25, -0.2) is 0 Å². The van der Waals surface area contributed by atoms with Crippen LogP contribution in [0.25, 0.3) is 0 Å². The quantitative estimate of drug-likeness (QED) is 0.629. The molecule has 23 heavy (non-hydrogen) atoms. The molecule has 1 N–H and O–H groups in total. The van der Waals surface area contributed by atoms with Gasteiger partial charge in [-0.15, -0.1) is 0 Å². The zero-order valence-electron chi connectivity index (χ0n) is 14.5. The third-order valence-corrected chi connectivity index (χ3v) is 3.90. The summed E-state index contributed by atoms with van der Waals surface area (Å²) in [5.41, 5.74) is -0.324. The Morgan fingerprint density at radius 1 is 1.26 bits per heavy atom. The van der Waals surface area contributed by atoms with E-state index < -0.39 is 0 Å². The predicted molar refractivity (Wildman–Crippen MR) is 91.0 cm³/mol. The maximum absolute atomic E-state index is 12.3. The predicted octanol–water partition coefficient (Wildman–Crippen LogP) is 3.76. The average Bonchev–Trinajstić information content (AvgIpc) is 2.55. The minimum atomic E-state index is -0.388. The van der Waals surface area contributed by atoms with Gasteiger partial charge in [-0.05, 0) is 18.8 Å². The summed E-state index contributed by atoms with van der Waals surface area (Å²) in [6.07, 6.45) is 7.36. The van der Waals surface area contributed by atoms with E-state index in [1.165, 1.54) is 12.3 Å². The lowest BCUT2D eigenvalue weighted by molar-refractivity contribution is 0.0913. The van der Waals surface area contributed by atoms with Crippen LogP contribution in [0.5, 0.6) is 5.75 Å². The summed E-state index contributed by atoms with van der Waals surface area (Å²) in [6.45, 7) is 7.34. The summed E-state index contributed by atoms with van der Waals surface area (Å²) in [6, 6.07) is 1.27.